The maximum Gasteiger partial charge on any atom is 0.246 e. The zero-order valence-corrected chi connectivity index (χ0v) is 13.0. The standard InChI is InChI=1S/C15H28N2O2/c1-6-11(5)10-17-13(18)12(7-2)16-14(19)15(17,8-3)9-4/h11-12H,6-10H2,1-5H3,(H,16,19). The molecule has 0 aromatic rings. The first-order valence-corrected chi connectivity index (χ1v) is 7.59. The van der Waals surface area contributed by atoms with Gasteiger partial charge in [-0.2, -0.15) is 0 Å². The number of carbonyl (C=O) groups excluding carboxylic acids is 2. The molecule has 0 aromatic carbocycles. The van der Waals surface area contributed by atoms with E-state index in [0.717, 1.165) is 6.42 Å². The van der Waals surface area contributed by atoms with Crippen molar-refractivity contribution in [1.82, 2.24) is 10.2 Å². The summed E-state index contributed by atoms with van der Waals surface area (Å²) in [4.78, 5) is 26.9. The van der Waals surface area contributed by atoms with Crippen molar-refractivity contribution in [2.75, 3.05) is 6.54 Å². The third-order valence-corrected chi connectivity index (χ3v) is 4.58. The molecule has 0 radical (unpaired) electrons. The Balaban J connectivity index is 3.11. The highest BCUT2D eigenvalue weighted by atomic mass is 16.2. The lowest BCUT2D eigenvalue weighted by Crippen LogP contribution is -2.70. The summed E-state index contributed by atoms with van der Waals surface area (Å²) in [5, 5.41) is 2.90. The molecule has 0 spiro atoms. The van der Waals surface area contributed by atoms with Crippen molar-refractivity contribution in [3.63, 3.8) is 0 Å². The van der Waals surface area contributed by atoms with Crippen molar-refractivity contribution in [2.24, 2.45) is 5.92 Å². The lowest BCUT2D eigenvalue weighted by atomic mass is 9.84. The molecule has 1 saturated heterocycles. The Morgan fingerprint density at radius 1 is 1.21 bits per heavy atom. The van der Waals surface area contributed by atoms with E-state index in [4.69, 9.17) is 0 Å². The van der Waals surface area contributed by atoms with Crippen LogP contribution in [0.25, 0.3) is 0 Å². The van der Waals surface area contributed by atoms with Gasteiger partial charge in [-0.25, -0.2) is 0 Å². The van der Waals surface area contributed by atoms with Gasteiger partial charge in [0.05, 0.1) is 0 Å². The van der Waals surface area contributed by atoms with Crippen LogP contribution >= 0.6 is 0 Å². The molecule has 1 aliphatic rings. The summed E-state index contributed by atoms with van der Waals surface area (Å²) in [5.41, 5.74) is -0.647. The SMILES string of the molecule is CCC(C)CN1C(=O)C(CC)NC(=O)C1(CC)CC. The van der Waals surface area contributed by atoms with Gasteiger partial charge in [0.1, 0.15) is 11.6 Å². The fourth-order valence-corrected chi connectivity index (χ4v) is 2.81. The van der Waals surface area contributed by atoms with Crippen LogP contribution in [0.2, 0.25) is 0 Å². The van der Waals surface area contributed by atoms with Gasteiger partial charge in [0.15, 0.2) is 0 Å². The van der Waals surface area contributed by atoms with E-state index in [2.05, 4.69) is 19.2 Å². The van der Waals surface area contributed by atoms with E-state index >= 15 is 0 Å². The lowest BCUT2D eigenvalue weighted by Gasteiger charge is -2.48. The number of piperazine rings is 1. The Hall–Kier alpha value is -1.06. The van der Waals surface area contributed by atoms with Crippen molar-refractivity contribution < 1.29 is 9.59 Å². The first-order valence-electron chi connectivity index (χ1n) is 7.59. The van der Waals surface area contributed by atoms with Gasteiger partial charge in [-0.15, -0.1) is 0 Å². The average molecular weight is 268 g/mol. The van der Waals surface area contributed by atoms with E-state index in [1.165, 1.54) is 0 Å². The summed E-state index contributed by atoms with van der Waals surface area (Å²) in [6, 6.07) is -0.345. The molecule has 0 aromatic heterocycles. The third kappa shape index (κ3) is 2.77. The highest BCUT2D eigenvalue weighted by Gasteiger charge is 2.49. The first-order chi connectivity index (χ1) is 8.96. The Morgan fingerprint density at radius 3 is 2.21 bits per heavy atom. The predicted octanol–water partition coefficient (Wildman–Crippen LogP) is 2.33. The van der Waals surface area contributed by atoms with Gasteiger partial charge in [-0.1, -0.05) is 41.0 Å². The fraction of sp³-hybridized carbons (Fsp3) is 0.867. The highest BCUT2D eigenvalue weighted by Crippen LogP contribution is 2.30. The molecular weight excluding hydrogens is 240 g/mol. The molecule has 0 bridgehead atoms. The smallest absolute Gasteiger partial charge is 0.246 e. The minimum absolute atomic E-state index is 0.0206. The number of carbonyl (C=O) groups is 2. The Morgan fingerprint density at radius 2 is 1.79 bits per heavy atom. The van der Waals surface area contributed by atoms with E-state index < -0.39 is 5.54 Å². The third-order valence-electron chi connectivity index (χ3n) is 4.58. The molecule has 4 nitrogen and oxygen atoms in total. The molecule has 1 rings (SSSR count). The molecule has 1 aliphatic heterocycles. The molecule has 2 atom stereocenters. The molecule has 19 heavy (non-hydrogen) atoms. The summed E-state index contributed by atoms with van der Waals surface area (Å²) < 4.78 is 0. The topological polar surface area (TPSA) is 49.4 Å². The summed E-state index contributed by atoms with van der Waals surface area (Å²) >= 11 is 0. The maximum atomic E-state index is 12.6. The Kier molecular flexibility index (Phi) is 5.39. The molecule has 2 amide bonds. The van der Waals surface area contributed by atoms with E-state index in [1.807, 2.05) is 25.7 Å². The van der Waals surface area contributed by atoms with Crippen molar-refractivity contribution in [3.05, 3.63) is 0 Å². The lowest BCUT2D eigenvalue weighted by molar-refractivity contribution is -0.159. The molecule has 0 aliphatic carbocycles. The van der Waals surface area contributed by atoms with Crippen LogP contribution in [0.1, 0.15) is 60.3 Å². The molecule has 110 valence electrons. The fourth-order valence-electron chi connectivity index (χ4n) is 2.81. The molecule has 2 unspecified atom stereocenters. The summed E-state index contributed by atoms with van der Waals surface area (Å²) in [7, 11) is 0. The quantitative estimate of drug-likeness (QED) is 0.803. The van der Waals surface area contributed by atoms with Crippen LogP contribution in [-0.4, -0.2) is 34.8 Å². The highest BCUT2D eigenvalue weighted by molar-refractivity contribution is 5.99. The predicted molar refractivity (Wildman–Crippen MR) is 76.7 cm³/mol. The Labute approximate surface area is 116 Å². The number of hydrogen-bond donors (Lipinski definition) is 1. The van der Waals surface area contributed by atoms with E-state index in [1.54, 1.807) is 0 Å². The minimum atomic E-state index is -0.647. The van der Waals surface area contributed by atoms with Gasteiger partial charge in [-0.05, 0) is 25.2 Å². The second-order valence-corrected chi connectivity index (χ2v) is 5.64. The zero-order chi connectivity index (χ0) is 14.6. The second kappa shape index (κ2) is 6.40. The van der Waals surface area contributed by atoms with Gasteiger partial charge < -0.3 is 10.2 Å². The number of amides is 2. The van der Waals surface area contributed by atoms with Gasteiger partial charge in [0.25, 0.3) is 0 Å². The van der Waals surface area contributed by atoms with Gasteiger partial charge >= 0.3 is 0 Å². The molecule has 1 N–H and O–H groups in total. The summed E-state index contributed by atoms with van der Waals surface area (Å²) in [5.74, 6) is 0.531. The molecule has 1 fully saturated rings. The number of nitrogens with zero attached hydrogens (tertiary/aromatic N) is 1. The average Bonchev–Trinajstić information content (AvgIpc) is 2.43. The van der Waals surface area contributed by atoms with Crippen LogP contribution in [0.4, 0.5) is 0 Å². The summed E-state index contributed by atoms with van der Waals surface area (Å²) in [6.45, 7) is 10.9. The van der Waals surface area contributed by atoms with Crippen LogP contribution < -0.4 is 5.32 Å². The van der Waals surface area contributed by atoms with Crippen LogP contribution in [0.5, 0.6) is 0 Å². The first kappa shape index (κ1) is 16.0. The van der Waals surface area contributed by atoms with E-state index in [0.29, 0.717) is 31.7 Å². The van der Waals surface area contributed by atoms with Crippen molar-refractivity contribution in [1.29, 1.82) is 0 Å². The molecular formula is C15H28N2O2. The van der Waals surface area contributed by atoms with E-state index in [-0.39, 0.29) is 17.9 Å². The normalized spacial score (nSPS) is 24.3. The van der Waals surface area contributed by atoms with E-state index in [9.17, 15) is 9.59 Å². The number of hydrogen-bond acceptors (Lipinski definition) is 2. The van der Waals surface area contributed by atoms with Crippen LogP contribution in [0, 0.1) is 5.92 Å². The van der Waals surface area contributed by atoms with Gasteiger partial charge in [0.2, 0.25) is 11.8 Å². The zero-order valence-electron chi connectivity index (χ0n) is 13.0. The second-order valence-electron chi connectivity index (χ2n) is 5.64. The number of nitrogens with one attached hydrogen (secondary N) is 1. The van der Waals surface area contributed by atoms with Crippen LogP contribution in [0.3, 0.4) is 0 Å². The van der Waals surface area contributed by atoms with Crippen molar-refractivity contribution in [2.45, 2.75) is 71.9 Å². The van der Waals surface area contributed by atoms with Crippen molar-refractivity contribution in [3.8, 4) is 0 Å². The minimum Gasteiger partial charge on any atom is -0.342 e. The van der Waals surface area contributed by atoms with Gasteiger partial charge in [0, 0.05) is 6.54 Å². The van der Waals surface area contributed by atoms with Crippen LogP contribution in [-0.2, 0) is 9.59 Å². The van der Waals surface area contributed by atoms with Crippen molar-refractivity contribution >= 4 is 11.8 Å². The van der Waals surface area contributed by atoms with Gasteiger partial charge in [-0.3, -0.25) is 9.59 Å². The monoisotopic (exact) mass is 268 g/mol. The number of rotatable bonds is 6. The maximum absolute atomic E-state index is 12.6. The summed E-state index contributed by atoms with van der Waals surface area (Å²) in [6.07, 6.45) is 3.03. The molecule has 0 saturated carbocycles. The Bertz CT molecular complexity index is 337. The molecule has 1 heterocycles. The van der Waals surface area contributed by atoms with Crippen LogP contribution in [0.15, 0.2) is 0 Å². The molecule has 4 heteroatoms. The largest absolute Gasteiger partial charge is 0.342 e.